The van der Waals surface area contributed by atoms with Crippen LogP contribution in [-0.2, 0) is 24.3 Å². The molecule has 0 bridgehead atoms. The topological polar surface area (TPSA) is 84.0 Å². The number of rotatable bonds is 5. The number of sulfonamides is 1. The lowest BCUT2D eigenvalue weighted by Gasteiger charge is -2.35. The van der Waals surface area contributed by atoms with Crippen LogP contribution in [0.15, 0.2) is 21.7 Å². The van der Waals surface area contributed by atoms with Crippen molar-refractivity contribution in [3.63, 3.8) is 0 Å². The molecule has 3 heterocycles. The zero-order valence-electron chi connectivity index (χ0n) is 14.8. The van der Waals surface area contributed by atoms with Gasteiger partial charge in [0.2, 0.25) is 5.91 Å². The van der Waals surface area contributed by atoms with E-state index in [4.69, 9.17) is 4.74 Å². The lowest BCUT2D eigenvalue weighted by atomic mass is 9.97. The average Bonchev–Trinajstić information content (AvgIpc) is 3.33. The van der Waals surface area contributed by atoms with E-state index in [1.165, 1.54) is 4.31 Å². The number of carbonyl (C=O) groups is 2. The molecule has 0 saturated carbocycles. The molecule has 3 rings (SSSR count). The standard InChI is InChI=1S/C17H24N2O5S2/c1-2-24-17(21)13-6-3-9-18(12-13)16(20)14-7-4-10-19(14)26(22,23)15-8-5-11-25-15/h5,8,11,13-14H,2-4,6-7,9-10,12H2,1H3. The summed E-state index contributed by atoms with van der Waals surface area (Å²) >= 11 is 1.16. The number of nitrogens with zero attached hydrogens (tertiary/aromatic N) is 2. The lowest BCUT2D eigenvalue weighted by molar-refractivity contribution is -0.151. The van der Waals surface area contributed by atoms with E-state index in [1.54, 1.807) is 29.3 Å². The molecule has 0 N–H and O–H groups in total. The van der Waals surface area contributed by atoms with Gasteiger partial charge in [0.15, 0.2) is 0 Å². The Balaban J connectivity index is 1.73. The third kappa shape index (κ3) is 3.79. The molecule has 144 valence electrons. The second-order valence-electron chi connectivity index (χ2n) is 6.58. The van der Waals surface area contributed by atoms with E-state index in [9.17, 15) is 18.0 Å². The van der Waals surface area contributed by atoms with Crippen LogP contribution in [0.25, 0.3) is 0 Å². The van der Waals surface area contributed by atoms with Gasteiger partial charge in [0.05, 0.1) is 12.5 Å². The third-order valence-electron chi connectivity index (χ3n) is 4.90. The molecule has 0 spiro atoms. The zero-order chi connectivity index (χ0) is 18.7. The molecule has 0 radical (unpaired) electrons. The Morgan fingerprint density at radius 3 is 2.73 bits per heavy atom. The van der Waals surface area contributed by atoms with E-state index in [0.717, 1.165) is 17.8 Å². The van der Waals surface area contributed by atoms with Crippen LogP contribution >= 0.6 is 11.3 Å². The van der Waals surface area contributed by atoms with Crippen LogP contribution in [0.4, 0.5) is 0 Å². The van der Waals surface area contributed by atoms with E-state index in [-0.39, 0.29) is 22.0 Å². The normalized spacial score (nSPS) is 24.6. The van der Waals surface area contributed by atoms with E-state index in [0.29, 0.717) is 45.5 Å². The molecule has 2 aliphatic rings. The maximum atomic E-state index is 13.0. The van der Waals surface area contributed by atoms with Crippen LogP contribution < -0.4 is 0 Å². The number of amides is 1. The molecule has 2 atom stereocenters. The molecule has 7 nitrogen and oxygen atoms in total. The summed E-state index contributed by atoms with van der Waals surface area (Å²) in [6.45, 7) is 3.29. The Labute approximate surface area is 158 Å². The summed E-state index contributed by atoms with van der Waals surface area (Å²) in [4.78, 5) is 26.7. The number of hydrogen-bond acceptors (Lipinski definition) is 6. The number of likely N-dealkylation sites (tertiary alicyclic amines) is 1. The molecule has 2 saturated heterocycles. The summed E-state index contributed by atoms with van der Waals surface area (Å²) in [5.74, 6) is -0.799. The number of hydrogen-bond donors (Lipinski definition) is 0. The fourth-order valence-corrected chi connectivity index (χ4v) is 6.41. The highest BCUT2D eigenvalue weighted by Crippen LogP contribution is 2.30. The summed E-state index contributed by atoms with van der Waals surface area (Å²) in [5.41, 5.74) is 0. The van der Waals surface area contributed by atoms with Gasteiger partial charge in [-0.1, -0.05) is 6.07 Å². The minimum atomic E-state index is -3.65. The van der Waals surface area contributed by atoms with Crippen LogP contribution in [0.1, 0.15) is 32.6 Å². The van der Waals surface area contributed by atoms with Gasteiger partial charge in [-0.15, -0.1) is 11.3 Å². The van der Waals surface area contributed by atoms with Crippen molar-refractivity contribution >= 4 is 33.2 Å². The molecular weight excluding hydrogens is 376 g/mol. The van der Waals surface area contributed by atoms with Crippen molar-refractivity contribution in [2.45, 2.75) is 42.9 Å². The van der Waals surface area contributed by atoms with Gasteiger partial charge < -0.3 is 9.64 Å². The van der Waals surface area contributed by atoms with Crippen molar-refractivity contribution in [1.29, 1.82) is 0 Å². The third-order valence-corrected chi connectivity index (χ3v) is 8.18. The highest BCUT2D eigenvalue weighted by molar-refractivity contribution is 7.91. The quantitative estimate of drug-likeness (QED) is 0.703. The van der Waals surface area contributed by atoms with Crippen molar-refractivity contribution in [2.24, 2.45) is 5.92 Å². The van der Waals surface area contributed by atoms with E-state index in [1.807, 2.05) is 0 Å². The molecule has 1 aromatic heterocycles. The first kappa shape index (κ1) is 19.3. The highest BCUT2D eigenvalue weighted by Gasteiger charge is 2.42. The van der Waals surface area contributed by atoms with Crippen molar-refractivity contribution < 1.29 is 22.7 Å². The maximum Gasteiger partial charge on any atom is 0.310 e. The molecule has 2 aliphatic heterocycles. The number of ether oxygens (including phenoxy) is 1. The van der Waals surface area contributed by atoms with Crippen LogP contribution in [0.5, 0.6) is 0 Å². The largest absolute Gasteiger partial charge is 0.466 e. The SMILES string of the molecule is CCOC(=O)C1CCCN(C(=O)C2CCCN2S(=O)(=O)c2cccs2)C1. The molecule has 1 amide bonds. The molecule has 9 heteroatoms. The average molecular weight is 401 g/mol. The predicted octanol–water partition coefficient (Wildman–Crippen LogP) is 1.70. The monoisotopic (exact) mass is 400 g/mol. The lowest BCUT2D eigenvalue weighted by Crippen LogP contribution is -2.51. The Bertz CT molecular complexity index is 747. The second kappa shape index (κ2) is 8.06. The van der Waals surface area contributed by atoms with Gasteiger partial charge in [0.1, 0.15) is 10.3 Å². The van der Waals surface area contributed by atoms with Crippen LogP contribution in [0.3, 0.4) is 0 Å². The summed E-state index contributed by atoms with van der Waals surface area (Å²) in [5, 5.41) is 1.72. The minimum Gasteiger partial charge on any atom is -0.466 e. The van der Waals surface area contributed by atoms with Crippen LogP contribution in [0.2, 0.25) is 0 Å². The molecule has 1 aromatic rings. The Morgan fingerprint density at radius 2 is 2.04 bits per heavy atom. The Hall–Kier alpha value is -1.45. The van der Waals surface area contributed by atoms with E-state index in [2.05, 4.69) is 0 Å². The first-order valence-electron chi connectivity index (χ1n) is 8.96. The molecule has 26 heavy (non-hydrogen) atoms. The molecule has 2 unspecified atom stereocenters. The number of piperidine rings is 1. The van der Waals surface area contributed by atoms with Gasteiger partial charge >= 0.3 is 5.97 Å². The Kier molecular flexibility index (Phi) is 5.99. The molecule has 0 aliphatic carbocycles. The summed E-state index contributed by atoms with van der Waals surface area (Å²) in [6.07, 6.45) is 2.60. The second-order valence-corrected chi connectivity index (χ2v) is 9.65. The molecule has 0 aromatic carbocycles. The fourth-order valence-electron chi connectivity index (χ4n) is 3.64. The van der Waals surface area contributed by atoms with Crippen molar-refractivity contribution in [3.8, 4) is 0 Å². The number of carbonyl (C=O) groups excluding carboxylic acids is 2. The van der Waals surface area contributed by atoms with Gasteiger partial charge in [-0.2, -0.15) is 4.31 Å². The number of esters is 1. The van der Waals surface area contributed by atoms with Gasteiger partial charge in [-0.25, -0.2) is 8.42 Å². The minimum absolute atomic E-state index is 0.198. The summed E-state index contributed by atoms with van der Waals surface area (Å²) < 4.78 is 32.4. The van der Waals surface area contributed by atoms with Crippen LogP contribution in [0, 0.1) is 5.92 Å². The zero-order valence-corrected chi connectivity index (χ0v) is 16.4. The maximum absolute atomic E-state index is 13.0. The number of thiophene rings is 1. The first-order chi connectivity index (χ1) is 12.4. The first-order valence-corrected chi connectivity index (χ1v) is 11.3. The van der Waals surface area contributed by atoms with Crippen molar-refractivity contribution in [3.05, 3.63) is 17.5 Å². The summed E-state index contributed by atoms with van der Waals surface area (Å²) in [7, 11) is -3.65. The van der Waals surface area contributed by atoms with Crippen molar-refractivity contribution in [1.82, 2.24) is 9.21 Å². The predicted molar refractivity (Wildman–Crippen MR) is 97.2 cm³/mol. The fraction of sp³-hybridized carbons (Fsp3) is 0.647. The van der Waals surface area contributed by atoms with Gasteiger partial charge in [0.25, 0.3) is 10.0 Å². The van der Waals surface area contributed by atoms with Gasteiger partial charge in [0, 0.05) is 19.6 Å². The molecular formula is C17H24N2O5S2. The summed E-state index contributed by atoms with van der Waals surface area (Å²) in [6, 6.07) is 2.58. The van der Waals surface area contributed by atoms with E-state index < -0.39 is 16.1 Å². The highest BCUT2D eigenvalue weighted by atomic mass is 32.2. The van der Waals surface area contributed by atoms with Gasteiger partial charge in [-0.05, 0) is 44.1 Å². The Morgan fingerprint density at radius 1 is 1.27 bits per heavy atom. The molecule has 2 fully saturated rings. The smallest absolute Gasteiger partial charge is 0.310 e. The van der Waals surface area contributed by atoms with Gasteiger partial charge in [-0.3, -0.25) is 9.59 Å². The van der Waals surface area contributed by atoms with E-state index >= 15 is 0 Å². The van der Waals surface area contributed by atoms with Crippen LogP contribution in [-0.4, -0.2) is 61.8 Å². The van der Waals surface area contributed by atoms with Crippen molar-refractivity contribution in [2.75, 3.05) is 26.2 Å².